The van der Waals surface area contributed by atoms with Gasteiger partial charge in [0.05, 0.1) is 9.36 Å². The van der Waals surface area contributed by atoms with Crippen LogP contribution in [0.15, 0.2) is 18.2 Å². The minimum atomic E-state index is 0.482. The third-order valence-corrected chi connectivity index (χ3v) is 3.41. The maximum atomic E-state index is 10.6. The van der Waals surface area contributed by atoms with Crippen molar-refractivity contribution >= 4 is 50.9 Å². The number of fused-ring (bicyclic) bond motifs is 1. The van der Waals surface area contributed by atoms with Crippen LogP contribution in [0.4, 0.5) is 0 Å². The Balaban J connectivity index is 2.85. The summed E-state index contributed by atoms with van der Waals surface area (Å²) >= 11 is 13.2. The first-order valence-electron chi connectivity index (χ1n) is 3.55. The number of carbonyl (C=O) groups is 1. The highest BCUT2D eigenvalue weighted by Gasteiger charge is 2.07. The minimum absolute atomic E-state index is 0.482. The van der Waals surface area contributed by atoms with E-state index in [0.717, 1.165) is 16.4 Å². The lowest BCUT2D eigenvalue weighted by Gasteiger charge is -1.96. The van der Waals surface area contributed by atoms with Gasteiger partial charge in [-0.25, -0.2) is 0 Å². The Labute approximate surface area is 88.9 Å². The van der Waals surface area contributed by atoms with Gasteiger partial charge in [0.2, 0.25) is 0 Å². The van der Waals surface area contributed by atoms with Crippen LogP contribution < -0.4 is 0 Å². The summed E-state index contributed by atoms with van der Waals surface area (Å²) in [5.74, 6) is 0. The molecule has 0 saturated carbocycles. The summed E-state index contributed by atoms with van der Waals surface area (Å²) in [7, 11) is 0. The molecule has 0 N–H and O–H groups in total. The maximum Gasteiger partial charge on any atom is 0.151 e. The maximum absolute atomic E-state index is 10.6. The third-order valence-electron chi connectivity index (χ3n) is 1.76. The molecule has 0 aliphatic carbocycles. The second-order valence-electron chi connectivity index (χ2n) is 2.55. The van der Waals surface area contributed by atoms with Gasteiger partial charge in [-0.1, -0.05) is 23.2 Å². The molecule has 66 valence electrons. The first-order chi connectivity index (χ1) is 6.22. The van der Waals surface area contributed by atoms with E-state index in [1.54, 1.807) is 12.1 Å². The third kappa shape index (κ3) is 1.46. The van der Waals surface area contributed by atoms with Gasteiger partial charge in [-0.2, -0.15) is 0 Å². The van der Waals surface area contributed by atoms with Gasteiger partial charge in [0.1, 0.15) is 0 Å². The van der Waals surface area contributed by atoms with Crippen LogP contribution in [-0.4, -0.2) is 6.29 Å². The molecule has 4 heteroatoms. The Morgan fingerprint density at radius 1 is 1.31 bits per heavy atom. The largest absolute Gasteiger partial charge is 0.298 e. The van der Waals surface area contributed by atoms with Crippen LogP contribution in [0, 0.1) is 0 Å². The van der Waals surface area contributed by atoms with Gasteiger partial charge >= 0.3 is 0 Å². The molecule has 0 amide bonds. The Bertz CT molecular complexity index is 476. The fourth-order valence-electron chi connectivity index (χ4n) is 1.15. The zero-order valence-electron chi connectivity index (χ0n) is 6.38. The van der Waals surface area contributed by atoms with Crippen LogP contribution in [-0.2, 0) is 0 Å². The first kappa shape index (κ1) is 9.00. The number of benzene rings is 1. The lowest BCUT2D eigenvalue weighted by Crippen LogP contribution is -1.80. The van der Waals surface area contributed by atoms with Gasteiger partial charge in [0.15, 0.2) is 6.29 Å². The second kappa shape index (κ2) is 3.29. The van der Waals surface area contributed by atoms with Crippen molar-refractivity contribution in [2.45, 2.75) is 0 Å². The second-order valence-corrected chi connectivity index (χ2v) is 4.64. The van der Waals surface area contributed by atoms with Crippen LogP contribution in [0.1, 0.15) is 10.4 Å². The lowest BCUT2D eigenvalue weighted by atomic mass is 10.2. The van der Waals surface area contributed by atoms with Crippen LogP contribution >= 0.6 is 34.5 Å². The summed E-state index contributed by atoms with van der Waals surface area (Å²) in [6.07, 6.45) is 0.743. The van der Waals surface area contributed by atoms with Gasteiger partial charge in [-0.3, -0.25) is 4.79 Å². The predicted molar refractivity (Wildman–Crippen MR) is 57.2 cm³/mol. The van der Waals surface area contributed by atoms with Gasteiger partial charge in [0.25, 0.3) is 0 Å². The number of aldehydes is 1. The Morgan fingerprint density at radius 3 is 2.77 bits per heavy atom. The number of hydrogen-bond donors (Lipinski definition) is 0. The van der Waals surface area contributed by atoms with E-state index in [2.05, 4.69) is 0 Å². The van der Waals surface area contributed by atoms with E-state index in [1.165, 1.54) is 11.3 Å². The highest BCUT2D eigenvalue weighted by Crippen LogP contribution is 2.35. The van der Waals surface area contributed by atoms with E-state index in [1.807, 2.05) is 6.07 Å². The van der Waals surface area contributed by atoms with E-state index >= 15 is 0 Å². The van der Waals surface area contributed by atoms with Crippen molar-refractivity contribution in [2.24, 2.45) is 0 Å². The molecule has 0 saturated heterocycles. The van der Waals surface area contributed by atoms with E-state index in [0.29, 0.717) is 14.9 Å². The number of halogens is 2. The van der Waals surface area contributed by atoms with Crippen molar-refractivity contribution in [1.29, 1.82) is 0 Å². The van der Waals surface area contributed by atoms with Crippen molar-refractivity contribution in [2.75, 3.05) is 0 Å². The quantitative estimate of drug-likeness (QED) is 0.677. The molecule has 13 heavy (non-hydrogen) atoms. The van der Waals surface area contributed by atoms with Crippen molar-refractivity contribution in [3.8, 4) is 0 Å². The fourth-order valence-corrected chi connectivity index (χ4v) is 2.63. The van der Waals surface area contributed by atoms with Gasteiger partial charge < -0.3 is 0 Å². The van der Waals surface area contributed by atoms with Gasteiger partial charge in [0, 0.05) is 15.6 Å². The highest BCUT2D eigenvalue weighted by molar-refractivity contribution is 7.22. The molecule has 0 bridgehead atoms. The number of hydrogen-bond acceptors (Lipinski definition) is 2. The predicted octanol–water partition coefficient (Wildman–Crippen LogP) is 4.02. The van der Waals surface area contributed by atoms with Crippen LogP contribution in [0.2, 0.25) is 9.36 Å². The molecule has 2 aromatic rings. The normalized spacial score (nSPS) is 10.6. The monoisotopic (exact) mass is 230 g/mol. The Morgan fingerprint density at radius 2 is 2.08 bits per heavy atom. The van der Waals surface area contributed by atoms with Crippen molar-refractivity contribution in [3.05, 3.63) is 33.1 Å². The molecular weight excluding hydrogens is 227 g/mol. The van der Waals surface area contributed by atoms with Crippen LogP contribution in [0.5, 0.6) is 0 Å². The number of carbonyl (C=O) groups excluding carboxylic acids is 1. The summed E-state index contributed by atoms with van der Waals surface area (Å²) < 4.78 is 1.68. The molecule has 0 aliphatic heterocycles. The molecule has 1 nitrogen and oxygen atoms in total. The fraction of sp³-hybridized carbons (Fsp3) is 0. The van der Waals surface area contributed by atoms with Crippen LogP contribution in [0.25, 0.3) is 10.1 Å². The summed E-state index contributed by atoms with van der Waals surface area (Å²) in [5.41, 5.74) is 0.503. The van der Waals surface area contributed by atoms with Gasteiger partial charge in [-0.15, -0.1) is 11.3 Å². The highest BCUT2D eigenvalue weighted by atomic mass is 35.5. The smallest absolute Gasteiger partial charge is 0.151 e. The first-order valence-corrected chi connectivity index (χ1v) is 5.12. The standard InChI is InChI=1S/C9H4Cl2OS/c10-8-3-6-7(13-8)2-1-5(4-12)9(6)11/h1-4H. The van der Waals surface area contributed by atoms with E-state index < -0.39 is 0 Å². The zero-order valence-corrected chi connectivity index (χ0v) is 8.71. The molecule has 0 spiro atoms. The summed E-state index contributed by atoms with van der Waals surface area (Å²) in [5, 5.41) is 1.33. The Kier molecular flexibility index (Phi) is 2.28. The molecule has 1 aromatic heterocycles. The van der Waals surface area contributed by atoms with E-state index in [4.69, 9.17) is 23.2 Å². The van der Waals surface area contributed by atoms with Crippen LogP contribution in [0.3, 0.4) is 0 Å². The molecule has 0 radical (unpaired) electrons. The molecule has 0 unspecified atom stereocenters. The minimum Gasteiger partial charge on any atom is -0.298 e. The van der Waals surface area contributed by atoms with Crippen molar-refractivity contribution < 1.29 is 4.79 Å². The average Bonchev–Trinajstić information content (AvgIpc) is 2.47. The lowest BCUT2D eigenvalue weighted by molar-refractivity contribution is 0.112. The summed E-state index contributed by atoms with van der Waals surface area (Å²) in [6.45, 7) is 0. The molecule has 0 atom stereocenters. The van der Waals surface area contributed by atoms with E-state index in [9.17, 15) is 4.79 Å². The summed E-state index contributed by atoms with van der Waals surface area (Å²) in [6, 6.07) is 5.32. The topological polar surface area (TPSA) is 17.1 Å². The molecular formula is C9H4Cl2OS. The average molecular weight is 231 g/mol. The Hall–Kier alpha value is -0.570. The molecule has 1 aromatic carbocycles. The zero-order chi connectivity index (χ0) is 9.42. The summed E-state index contributed by atoms with van der Waals surface area (Å²) in [4.78, 5) is 10.6. The van der Waals surface area contributed by atoms with Crippen molar-refractivity contribution in [3.63, 3.8) is 0 Å². The van der Waals surface area contributed by atoms with Gasteiger partial charge in [-0.05, 0) is 18.2 Å². The number of rotatable bonds is 1. The molecule has 2 rings (SSSR count). The van der Waals surface area contributed by atoms with E-state index in [-0.39, 0.29) is 0 Å². The van der Waals surface area contributed by atoms with Crippen molar-refractivity contribution in [1.82, 2.24) is 0 Å². The number of thiophene rings is 1. The molecule has 0 aliphatic rings. The SMILES string of the molecule is O=Cc1ccc2sc(Cl)cc2c1Cl. The molecule has 1 heterocycles. The molecule has 0 fully saturated rings.